The van der Waals surface area contributed by atoms with Gasteiger partial charge < -0.3 is 9.47 Å². The maximum absolute atomic E-state index is 12.8. The van der Waals surface area contributed by atoms with Gasteiger partial charge in [-0.1, -0.05) is 18.6 Å². The summed E-state index contributed by atoms with van der Waals surface area (Å²) >= 11 is 0. The average molecular weight is 325 g/mol. The van der Waals surface area contributed by atoms with Gasteiger partial charge in [-0.05, 0) is 31.5 Å². The normalized spacial score (nSPS) is 21.7. The standard InChI is InChI=1S/C19H23N3O2/c23-18-8-10-21(17-7-2-1-6-16(17)18)14-19(24)22-12-11-20-9-4-3-5-15(20)13-22/h1-2,6-8,10,15H,3-5,9,11-14H2. The van der Waals surface area contributed by atoms with Crippen LogP contribution in [-0.4, -0.2) is 52.5 Å². The summed E-state index contributed by atoms with van der Waals surface area (Å²) in [5.41, 5.74) is 0.833. The van der Waals surface area contributed by atoms with Crippen LogP contribution in [0.15, 0.2) is 41.3 Å². The molecule has 1 aromatic heterocycles. The molecular formula is C19H23N3O2. The van der Waals surface area contributed by atoms with Gasteiger partial charge in [-0.3, -0.25) is 14.5 Å². The topological polar surface area (TPSA) is 45.6 Å². The summed E-state index contributed by atoms with van der Waals surface area (Å²) in [5.74, 6) is 0.147. The van der Waals surface area contributed by atoms with Gasteiger partial charge in [-0.25, -0.2) is 0 Å². The molecule has 2 fully saturated rings. The van der Waals surface area contributed by atoms with Gasteiger partial charge >= 0.3 is 0 Å². The van der Waals surface area contributed by atoms with Crippen molar-refractivity contribution in [2.24, 2.45) is 0 Å². The molecule has 0 spiro atoms. The maximum atomic E-state index is 12.8. The van der Waals surface area contributed by atoms with E-state index in [2.05, 4.69) is 4.90 Å². The van der Waals surface area contributed by atoms with E-state index in [4.69, 9.17) is 0 Å². The van der Waals surface area contributed by atoms with E-state index in [-0.39, 0.29) is 11.3 Å². The van der Waals surface area contributed by atoms with Crippen LogP contribution in [0, 0.1) is 0 Å². The van der Waals surface area contributed by atoms with Crippen molar-refractivity contribution in [3.05, 3.63) is 46.8 Å². The van der Waals surface area contributed by atoms with Crippen LogP contribution in [0.3, 0.4) is 0 Å². The molecule has 2 aromatic rings. The first-order valence-electron chi connectivity index (χ1n) is 8.82. The summed E-state index contributed by atoms with van der Waals surface area (Å²) in [7, 11) is 0. The summed E-state index contributed by atoms with van der Waals surface area (Å²) in [6.07, 6.45) is 5.49. The first-order chi connectivity index (χ1) is 11.7. The third-order valence-corrected chi connectivity index (χ3v) is 5.38. The highest BCUT2D eigenvalue weighted by Crippen LogP contribution is 2.21. The number of carbonyl (C=O) groups excluding carboxylic acids is 1. The zero-order valence-electron chi connectivity index (χ0n) is 13.9. The molecule has 1 aromatic carbocycles. The largest absolute Gasteiger partial charge is 0.338 e. The first-order valence-corrected chi connectivity index (χ1v) is 8.82. The Bertz CT molecular complexity index is 814. The number of nitrogens with zero attached hydrogens (tertiary/aromatic N) is 3. The lowest BCUT2D eigenvalue weighted by Crippen LogP contribution is -2.56. The molecule has 1 unspecified atom stereocenters. The predicted octanol–water partition coefficient (Wildman–Crippen LogP) is 1.70. The summed E-state index contributed by atoms with van der Waals surface area (Å²) in [4.78, 5) is 29.3. The van der Waals surface area contributed by atoms with E-state index in [0.717, 1.165) is 25.2 Å². The molecule has 1 amide bonds. The van der Waals surface area contributed by atoms with Gasteiger partial charge in [0.1, 0.15) is 6.54 Å². The number of piperazine rings is 1. The smallest absolute Gasteiger partial charge is 0.242 e. The molecule has 2 aliphatic heterocycles. The van der Waals surface area contributed by atoms with Gasteiger partial charge in [0, 0.05) is 43.3 Å². The second-order valence-corrected chi connectivity index (χ2v) is 6.85. The Hall–Kier alpha value is -2.14. The molecule has 126 valence electrons. The predicted molar refractivity (Wildman–Crippen MR) is 94.0 cm³/mol. The Morgan fingerprint density at radius 1 is 1.08 bits per heavy atom. The molecule has 0 bridgehead atoms. The average Bonchev–Trinajstić information content (AvgIpc) is 2.64. The molecular weight excluding hydrogens is 302 g/mol. The Labute approximate surface area is 141 Å². The summed E-state index contributed by atoms with van der Waals surface area (Å²) < 4.78 is 1.90. The van der Waals surface area contributed by atoms with Crippen LogP contribution in [0.2, 0.25) is 0 Å². The van der Waals surface area contributed by atoms with Gasteiger partial charge in [0.05, 0.1) is 5.52 Å². The van der Waals surface area contributed by atoms with Gasteiger partial charge in [0.2, 0.25) is 5.91 Å². The summed E-state index contributed by atoms with van der Waals surface area (Å²) in [5, 5.41) is 0.671. The maximum Gasteiger partial charge on any atom is 0.242 e. The van der Waals surface area contributed by atoms with E-state index in [9.17, 15) is 9.59 Å². The Morgan fingerprint density at radius 2 is 1.96 bits per heavy atom. The lowest BCUT2D eigenvalue weighted by Gasteiger charge is -2.44. The number of hydrogen-bond acceptors (Lipinski definition) is 3. The van der Waals surface area contributed by atoms with Crippen LogP contribution >= 0.6 is 0 Å². The lowest BCUT2D eigenvalue weighted by molar-refractivity contribution is -0.135. The Kier molecular flexibility index (Phi) is 4.10. The van der Waals surface area contributed by atoms with Gasteiger partial charge in [-0.15, -0.1) is 0 Å². The monoisotopic (exact) mass is 325 g/mol. The molecule has 2 saturated heterocycles. The van der Waals surface area contributed by atoms with Gasteiger partial charge in [0.15, 0.2) is 5.43 Å². The van der Waals surface area contributed by atoms with Crippen LogP contribution in [0.1, 0.15) is 19.3 Å². The molecule has 24 heavy (non-hydrogen) atoms. The number of piperidine rings is 1. The van der Waals surface area contributed by atoms with E-state index in [1.165, 1.54) is 25.8 Å². The Morgan fingerprint density at radius 3 is 2.88 bits per heavy atom. The van der Waals surface area contributed by atoms with Crippen LogP contribution < -0.4 is 5.43 Å². The lowest BCUT2D eigenvalue weighted by atomic mass is 9.99. The highest BCUT2D eigenvalue weighted by atomic mass is 16.2. The van der Waals surface area contributed by atoms with E-state index >= 15 is 0 Å². The van der Waals surface area contributed by atoms with E-state index in [1.807, 2.05) is 33.7 Å². The minimum atomic E-state index is 0.00474. The SMILES string of the molecule is O=C(Cn1ccc(=O)c2ccccc21)N1CCN2CCCCC2C1. The highest BCUT2D eigenvalue weighted by molar-refractivity contribution is 5.82. The van der Waals surface area contributed by atoms with Crippen molar-refractivity contribution in [1.82, 2.24) is 14.4 Å². The molecule has 4 rings (SSSR count). The molecule has 0 aliphatic carbocycles. The van der Waals surface area contributed by atoms with Crippen LogP contribution in [0.5, 0.6) is 0 Å². The number of fused-ring (bicyclic) bond motifs is 2. The second-order valence-electron chi connectivity index (χ2n) is 6.85. The van der Waals surface area contributed by atoms with Crippen molar-refractivity contribution in [2.45, 2.75) is 31.8 Å². The minimum absolute atomic E-state index is 0.00474. The van der Waals surface area contributed by atoms with Crippen LogP contribution in [0.25, 0.3) is 10.9 Å². The van der Waals surface area contributed by atoms with E-state index in [1.54, 1.807) is 12.3 Å². The third kappa shape index (κ3) is 2.84. The minimum Gasteiger partial charge on any atom is -0.338 e. The fraction of sp³-hybridized carbons (Fsp3) is 0.474. The fourth-order valence-corrected chi connectivity index (χ4v) is 4.03. The van der Waals surface area contributed by atoms with Crippen molar-refractivity contribution in [3.8, 4) is 0 Å². The highest BCUT2D eigenvalue weighted by Gasteiger charge is 2.30. The van der Waals surface area contributed by atoms with Crippen molar-refractivity contribution in [3.63, 3.8) is 0 Å². The van der Waals surface area contributed by atoms with E-state index in [0.29, 0.717) is 18.0 Å². The quantitative estimate of drug-likeness (QED) is 0.844. The summed E-state index contributed by atoms with van der Waals surface area (Å²) in [6, 6.07) is 9.57. The zero-order chi connectivity index (χ0) is 16.5. The molecule has 1 atom stereocenters. The number of benzene rings is 1. The van der Waals surface area contributed by atoms with Gasteiger partial charge in [0.25, 0.3) is 0 Å². The third-order valence-electron chi connectivity index (χ3n) is 5.38. The zero-order valence-corrected chi connectivity index (χ0v) is 13.9. The summed E-state index contributed by atoms with van der Waals surface area (Å²) in [6.45, 7) is 4.12. The number of pyridine rings is 1. The first kappa shape index (κ1) is 15.4. The van der Waals surface area contributed by atoms with Crippen molar-refractivity contribution in [1.29, 1.82) is 0 Å². The van der Waals surface area contributed by atoms with Crippen LogP contribution in [0.4, 0.5) is 0 Å². The number of hydrogen-bond donors (Lipinski definition) is 0. The molecule has 0 N–H and O–H groups in total. The van der Waals surface area contributed by atoms with Crippen molar-refractivity contribution >= 4 is 16.8 Å². The number of rotatable bonds is 2. The van der Waals surface area contributed by atoms with Crippen molar-refractivity contribution in [2.75, 3.05) is 26.2 Å². The molecule has 5 heteroatoms. The van der Waals surface area contributed by atoms with Crippen LogP contribution in [-0.2, 0) is 11.3 Å². The molecule has 5 nitrogen and oxygen atoms in total. The molecule has 0 saturated carbocycles. The van der Waals surface area contributed by atoms with Crippen molar-refractivity contribution < 1.29 is 4.79 Å². The molecule has 3 heterocycles. The Balaban J connectivity index is 1.52. The number of carbonyl (C=O) groups is 1. The fourth-order valence-electron chi connectivity index (χ4n) is 4.03. The number of aromatic nitrogens is 1. The number of amides is 1. The van der Waals surface area contributed by atoms with E-state index < -0.39 is 0 Å². The second kappa shape index (κ2) is 6.40. The molecule has 0 radical (unpaired) electrons. The molecule has 2 aliphatic rings. The number of para-hydroxylation sites is 1. The van der Waals surface area contributed by atoms with Gasteiger partial charge in [-0.2, -0.15) is 0 Å².